The van der Waals surface area contributed by atoms with Gasteiger partial charge in [-0.25, -0.2) is 9.59 Å². The average Bonchev–Trinajstić information content (AvgIpc) is 3.31. The summed E-state index contributed by atoms with van der Waals surface area (Å²) in [6, 6.07) is 19.6. The molecule has 4 rings (SSSR count). The van der Waals surface area contributed by atoms with Gasteiger partial charge in [0.1, 0.15) is 0 Å². The highest BCUT2D eigenvalue weighted by Crippen LogP contribution is 2.47. The summed E-state index contributed by atoms with van der Waals surface area (Å²) in [5, 5.41) is 9.89. The molecule has 0 spiro atoms. The molecule has 2 unspecified atom stereocenters. The van der Waals surface area contributed by atoms with E-state index in [4.69, 9.17) is 0 Å². The van der Waals surface area contributed by atoms with E-state index in [0.29, 0.717) is 24.3 Å². The maximum absolute atomic E-state index is 13.7. The number of urea groups is 1. The Hall–Kier alpha value is -2.73. The number of amides is 2. The molecule has 6 heteroatoms. The van der Waals surface area contributed by atoms with E-state index in [1.165, 1.54) is 0 Å². The molecule has 31 heavy (non-hydrogen) atoms. The van der Waals surface area contributed by atoms with E-state index in [1.54, 1.807) is 11.8 Å². The third kappa shape index (κ3) is 4.09. The highest BCUT2D eigenvalue weighted by molar-refractivity contribution is 8.03. The fourth-order valence-corrected chi connectivity index (χ4v) is 6.17. The number of carboxylic acids is 1. The number of fused-ring (bicyclic) bond motifs is 1. The zero-order valence-corrected chi connectivity index (χ0v) is 18.7. The lowest BCUT2D eigenvalue weighted by atomic mass is 10.0. The summed E-state index contributed by atoms with van der Waals surface area (Å²) in [5.74, 6) is -0.152. The summed E-state index contributed by atoms with van der Waals surface area (Å²) in [6.07, 6.45) is 1.28. The zero-order valence-electron chi connectivity index (χ0n) is 17.9. The van der Waals surface area contributed by atoms with E-state index in [9.17, 15) is 14.7 Å². The minimum Gasteiger partial charge on any atom is -0.478 e. The van der Waals surface area contributed by atoms with Gasteiger partial charge in [-0.1, -0.05) is 74.0 Å². The standard InChI is InChI=1S/C25H28N2O3S/c1-3-10-20(24(28)29)23-22-21(16-31-23)27(17(2)19-13-8-5-9-14-19)25(30)26(22)15-18-11-6-4-7-12-18/h4-9,11-14,17,21-22H,3,10,15-16H2,1-2H3,(H,28,29)/t17-,21?,22?/m1/s1. The van der Waals surface area contributed by atoms with Gasteiger partial charge in [-0.2, -0.15) is 0 Å². The van der Waals surface area contributed by atoms with Gasteiger partial charge in [0.05, 0.1) is 18.1 Å². The Kier molecular flexibility index (Phi) is 6.37. The van der Waals surface area contributed by atoms with Crippen LogP contribution in [0.3, 0.4) is 0 Å². The summed E-state index contributed by atoms with van der Waals surface area (Å²) >= 11 is 1.61. The highest BCUT2D eigenvalue weighted by Gasteiger charge is 2.53. The Morgan fingerprint density at radius 2 is 1.77 bits per heavy atom. The topological polar surface area (TPSA) is 60.9 Å². The third-order valence-electron chi connectivity index (χ3n) is 6.15. The molecule has 2 fully saturated rings. The van der Waals surface area contributed by atoms with Crippen LogP contribution in [0.5, 0.6) is 0 Å². The van der Waals surface area contributed by atoms with E-state index in [1.807, 2.05) is 77.4 Å². The number of aliphatic carboxylic acids is 1. The van der Waals surface area contributed by atoms with Gasteiger partial charge in [0.2, 0.25) is 0 Å². The average molecular weight is 437 g/mol. The Morgan fingerprint density at radius 3 is 2.39 bits per heavy atom. The number of nitrogens with zero attached hydrogens (tertiary/aromatic N) is 2. The van der Waals surface area contributed by atoms with Crippen LogP contribution >= 0.6 is 11.8 Å². The van der Waals surface area contributed by atoms with Gasteiger partial charge in [0.15, 0.2) is 0 Å². The molecule has 2 amide bonds. The molecular formula is C25H28N2O3S. The first-order valence-corrected chi connectivity index (χ1v) is 11.8. The van der Waals surface area contributed by atoms with Crippen molar-refractivity contribution in [3.63, 3.8) is 0 Å². The highest BCUT2D eigenvalue weighted by atomic mass is 32.2. The van der Waals surface area contributed by atoms with Crippen molar-refractivity contribution in [2.45, 2.75) is 51.4 Å². The molecule has 162 valence electrons. The molecule has 0 bridgehead atoms. The van der Waals surface area contributed by atoms with Gasteiger partial charge >= 0.3 is 12.0 Å². The lowest BCUT2D eigenvalue weighted by Gasteiger charge is -2.29. The van der Waals surface area contributed by atoms with Crippen LogP contribution in [0, 0.1) is 0 Å². The van der Waals surface area contributed by atoms with Gasteiger partial charge in [-0.05, 0) is 24.5 Å². The zero-order chi connectivity index (χ0) is 22.0. The first kappa shape index (κ1) is 21.5. The van der Waals surface area contributed by atoms with Crippen molar-refractivity contribution in [1.29, 1.82) is 0 Å². The molecule has 1 N–H and O–H groups in total. The molecule has 2 aliphatic rings. The van der Waals surface area contributed by atoms with E-state index >= 15 is 0 Å². The predicted molar refractivity (Wildman–Crippen MR) is 124 cm³/mol. The molecule has 2 saturated heterocycles. The fraction of sp³-hybridized carbons (Fsp3) is 0.360. The number of carbonyl (C=O) groups excluding carboxylic acids is 1. The molecule has 2 aromatic carbocycles. The number of thioether (sulfide) groups is 1. The summed E-state index contributed by atoms with van der Waals surface area (Å²) in [5.41, 5.74) is 2.60. The fourth-order valence-electron chi connectivity index (χ4n) is 4.66. The second-order valence-corrected chi connectivity index (χ2v) is 9.17. The lowest BCUT2D eigenvalue weighted by molar-refractivity contribution is -0.132. The van der Waals surface area contributed by atoms with Crippen molar-refractivity contribution < 1.29 is 14.7 Å². The van der Waals surface area contributed by atoms with Crippen molar-refractivity contribution >= 4 is 23.8 Å². The van der Waals surface area contributed by atoms with Crippen molar-refractivity contribution in [3.8, 4) is 0 Å². The molecule has 0 saturated carbocycles. The Labute approximate surface area is 187 Å². The molecule has 0 aromatic heterocycles. The molecule has 0 aliphatic carbocycles. The smallest absolute Gasteiger partial charge is 0.332 e. The van der Waals surface area contributed by atoms with Crippen molar-refractivity contribution in [2.75, 3.05) is 5.75 Å². The number of carbonyl (C=O) groups is 2. The Morgan fingerprint density at radius 1 is 1.13 bits per heavy atom. The van der Waals surface area contributed by atoms with Crippen LogP contribution in [-0.2, 0) is 11.3 Å². The van der Waals surface area contributed by atoms with Crippen LogP contribution in [0.1, 0.15) is 43.9 Å². The van der Waals surface area contributed by atoms with Crippen molar-refractivity contribution in [1.82, 2.24) is 9.80 Å². The van der Waals surface area contributed by atoms with E-state index in [0.717, 1.165) is 22.5 Å². The first-order chi connectivity index (χ1) is 15.0. The van der Waals surface area contributed by atoms with E-state index in [-0.39, 0.29) is 24.2 Å². The summed E-state index contributed by atoms with van der Waals surface area (Å²) < 4.78 is 0. The van der Waals surface area contributed by atoms with Gasteiger partial charge in [0, 0.05) is 22.8 Å². The Balaban J connectivity index is 1.75. The van der Waals surface area contributed by atoms with Crippen LogP contribution in [0.25, 0.3) is 0 Å². The first-order valence-electron chi connectivity index (χ1n) is 10.8. The Bertz CT molecular complexity index is 977. The number of rotatable bonds is 7. The lowest BCUT2D eigenvalue weighted by Crippen LogP contribution is -2.38. The quantitative estimate of drug-likeness (QED) is 0.472. The monoisotopic (exact) mass is 436 g/mol. The van der Waals surface area contributed by atoms with E-state index < -0.39 is 5.97 Å². The van der Waals surface area contributed by atoms with Crippen LogP contribution in [0.15, 0.2) is 71.1 Å². The van der Waals surface area contributed by atoms with Crippen molar-refractivity contribution in [2.24, 2.45) is 0 Å². The second kappa shape index (κ2) is 9.18. The second-order valence-electron chi connectivity index (χ2n) is 8.11. The van der Waals surface area contributed by atoms with Crippen LogP contribution in [0.2, 0.25) is 0 Å². The largest absolute Gasteiger partial charge is 0.478 e. The summed E-state index contributed by atoms with van der Waals surface area (Å²) in [7, 11) is 0. The third-order valence-corrected chi connectivity index (χ3v) is 7.46. The molecule has 2 aromatic rings. The predicted octanol–water partition coefficient (Wildman–Crippen LogP) is 5.31. The molecule has 3 atom stereocenters. The van der Waals surface area contributed by atoms with Crippen LogP contribution in [0.4, 0.5) is 4.79 Å². The summed E-state index contributed by atoms with van der Waals surface area (Å²) in [4.78, 5) is 30.5. The minimum atomic E-state index is -0.869. The SMILES string of the molecule is CCCC(C(=O)O)=C1SCC2C1N(Cc1ccccc1)C(=O)N2[C@H](C)c1ccccc1. The van der Waals surface area contributed by atoms with Gasteiger partial charge < -0.3 is 14.9 Å². The number of hydrogen-bond donors (Lipinski definition) is 1. The molecule has 5 nitrogen and oxygen atoms in total. The minimum absolute atomic E-state index is 0.0192. The molecule has 2 heterocycles. The molecule has 0 radical (unpaired) electrons. The maximum Gasteiger partial charge on any atom is 0.332 e. The van der Waals surface area contributed by atoms with Crippen molar-refractivity contribution in [3.05, 3.63) is 82.3 Å². The number of benzene rings is 2. The maximum atomic E-state index is 13.7. The number of hydrogen-bond acceptors (Lipinski definition) is 3. The van der Waals surface area contributed by atoms with Gasteiger partial charge in [0.25, 0.3) is 0 Å². The number of carboxylic acid groups (broad SMARTS) is 1. The summed E-state index contributed by atoms with van der Waals surface area (Å²) in [6.45, 7) is 4.53. The normalized spacial score (nSPS) is 23.1. The van der Waals surface area contributed by atoms with Gasteiger partial charge in [-0.3, -0.25) is 0 Å². The van der Waals surface area contributed by atoms with Crippen LogP contribution < -0.4 is 0 Å². The van der Waals surface area contributed by atoms with Crippen LogP contribution in [-0.4, -0.2) is 44.7 Å². The molecular weight excluding hydrogens is 408 g/mol. The molecule has 2 aliphatic heterocycles. The van der Waals surface area contributed by atoms with E-state index in [2.05, 4.69) is 6.92 Å². The van der Waals surface area contributed by atoms with Gasteiger partial charge in [-0.15, -0.1) is 11.8 Å².